The lowest BCUT2D eigenvalue weighted by Crippen LogP contribution is -2.41. The van der Waals surface area contributed by atoms with Crippen LogP contribution >= 0.6 is 0 Å². The highest BCUT2D eigenvalue weighted by atomic mass is 16.5. The van der Waals surface area contributed by atoms with Crippen molar-refractivity contribution < 1.29 is 14.3 Å². The van der Waals surface area contributed by atoms with Crippen molar-refractivity contribution >= 4 is 11.8 Å². The Balaban J connectivity index is 1.89. The average molecular weight is 326 g/mol. The fourth-order valence-electron chi connectivity index (χ4n) is 2.01. The molecule has 0 heterocycles. The molecule has 0 aliphatic rings. The monoisotopic (exact) mass is 326 g/mol. The molecular formula is C19H22N2O3. The van der Waals surface area contributed by atoms with Gasteiger partial charge in [0.25, 0.3) is 11.8 Å². The smallest absolute Gasteiger partial charge is 0.269 e. The Labute approximate surface area is 142 Å². The van der Waals surface area contributed by atoms with E-state index in [2.05, 4.69) is 24.7 Å². The van der Waals surface area contributed by atoms with Crippen LogP contribution in [0.5, 0.6) is 5.75 Å². The van der Waals surface area contributed by atoms with Crippen molar-refractivity contribution in [2.75, 3.05) is 6.61 Å². The molecule has 0 atom stereocenters. The molecule has 0 aliphatic heterocycles. The van der Waals surface area contributed by atoms with Gasteiger partial charge in [-0.15, -0.1) is 0 Å². The number of hydrogen-bond acceptors (Lipinski definition) is 3. The fourth-order valence-corrected chi connectivity index (χ4v) is 2.01. The Kier molecular flexibility index (Phi) is 5.95. The molecule has 0 radical (unpaired) electrons. The largest absolute Gasteiger partial charge is 0.493 e. The second-order valence-electron chi connectivity index (χ2n) is 6.01. The first-order chi connectivity index (χ1) is 11.5. The van der Waals surface area contributed by atoms with E-state index >= 15 is 0 Å². The third kappa shape index (κ3) is 5.12. The van der Waals surface area contributed by atoms with Crippen molar-refractivity contribution in [3.05, 3.63) is 65.2 Å². The molecule has 0 unspecified atom stereocenters. The minimum Gasteiger partial charge on any atom is -0.493 e. The number of amides is 2. The van der Waals surface area contributed by atoms with Gasteiger partial charge < -0.3 is 4.74 Å². The number of carbonyl (C=O) groups excluding carboxylic acids is 2. The normalized spacial score (nSPS) is 10.3. The van der Waals surface area contributed by atoms with E-state index in [4.69, 9.17) is 4.74 Å². The molecule has 0 spiro atoms. The van der Waals surface area contributed by atoms with Crippen molar-refractivity contribution in [2.24, 2.45) is 5.92 Å². The van der Waals surface area contributed by atoms with Gasteiger partial charge in [0.1, 0.15) is 5.75 Å². The SMILES string of the molecule is Cc1cccc(C(=O)NNC(=O)c2ccc(OCC(C)C)cc2)c1. The number of hydrogen-bond donors (Lipinski definition) is 2. The molecule has 2 rings (SSSR count). The van der Waals surface area contributed by atoms with Gasteiger partial charge in [-0.1, -0.05) is 31.5 Å². The number of ether oxygens (including phenoxy) is 1. The van der Waals surface area contributed by atoms with Crippen molar-refractivity contribution in [3.8, 4) is 5.75 Å². The maximum absolute atomic E-state index is 12.1. The molecule has 0 aliphatic carbocycles. The summed E-state index contributed by atoms with van der Waals surface area (Å²) in [6.45, 7) is 6.66. The van der Waals surface area contributed by atoms with Crippen LogP contribution < -0.4 is 15.6 Å². The van der Waals surface area contributed by atoms with Crippen LogP contribution in [0.3, 0.4) is 0 Å². The zero-order valence-corrected chi connectivity index (χ0v) is 14.1. The van der Waals surface area contributed by atoms with Gasteiger partial charge in [0.15, 0.2) is 0 Å². The van der Waals surface area contributed by atoms with Crippen LogP contribution in [0.4, 0.5) is 0 Å². The molecule has 0 fully saturated rings. The van der Waals surface area contributed by atoms with Crippen LogP contribution in [0, 0.1) is 12.8 Å². The maximum atomic E-state index is 12.1. The lowest BCUT2D eigenvalue weighted by molar-refractivity contribution is 0.0846. The Bertz CT molecular complexity index is 709. The van der Waals surface area contributed by atoms with Crippen LogP contribution in [0.2, 0.25) is 0 Å². The third-order valence-electron chi connectivity index (χ3n) is 3.27. The second-order valence-corrected chi connectivity index (χ2v) is 6.01. The predicted molar refractivity (Wildman–Crippen MR) is 92.9 cm³/mol. The molecule has 24 heavy (non-hydrogen) atoms. The highest BCUT2D eigenvalue weighted by Crippen LogP contribution is 2.13. The van der Waals surface area contributed by atoms with Gasteiger partial charge in [0.2, 0.25) is 0 Å². The summed E-state index contributed by atoms with van der Waals surface area (Å²) in [5.41, 5.74) is 6.73. The molecule has 2 aromatic rings. The van der Waals surface area contributed by atoms with E-state index in [9.17, 15) is 9.59 Å². The molecule has 0 bridgehead atoms. The van der Waals surface area contributed by atoms with Gasteiger partial charge in [-0.25, -0.2) is 0 Å². The van der Waals surface area contributed by atoms with Crippen LogP contribution in [0.1, 0.15) is 40.1 Å². The first kappa shape index (κ1) is 17.5. The maximum Gasteiger partial charge on any atom is 0.269 e. The quantitative estimate of drug-likeness (QED) is 0.830. The summed E-state index contributed by atoms with van der Waals surface area (Å²) < 4.78 is 5.57. The van der Waals surface area contributed by atoms with E-state index in [1.54, 1.807) is 42.5 Å². The highest BCUT2D eigenvalue weighted by molar-refractivity contribution is 5.99. The Morgan fingerprint density at radius 3 is 2.17 bits per heavy atom. The molecule has 2 amide bonds. The Morgan fingerprint density at radius 1 is 0.958 bits per heavy atom. The van der Waals surface area contributed by atoms with E-state index in [0.29, 0.717) is 29.4 Å². The van der Waals surface area contributed by atoms with Crippen LogP contribution in [0.15, 0.2) is 48.5 Å². The second kappa shape index (κ2) is 8.15. The number of benzene rings is 2. The predicted octanol–water partition coefficient (Wildman–Crippen LogP) is 3.10. The van der Waals surface area contributed by atoms with Crippen LogP contribution in [-0.4, -0.2) is 18.4 Å². The summed E-state index contributed by atoms with van der Waals surface area (Å²) in [6, 6.07) is 13.9. The number of nitrogens with one attached hydrogen (secondary N) is 2. The number of hydrazine groups is 1. The standard InChI is InChI=1S/C19H22N2O3/c1-13(2)12-24-17-9-7-15(8-10-17)18(22)20-21-19(23)16-6-4-5-14(3)11-16/h4-11,13H,12H2,1-3H3,(H,20,22)(H,21,23). The molecule has 2 N–H and O–H groups in total. The molecule has 0 saturated heterocycles. The molecular weight excluding hydrogens is 304 g/mol. The number of aryl methyl sites for hydroxylation is 1. The van der Waals surface area contributed by atoms with Gasteiger partial charge in [0.05, 0.1) is 6.61 Å². The molecule has 5 heteroatoms. The zero-order valence-electron chi connectivity index (χ0n) is 14.1. The topological polar surface area (TPSA) is 67.4 Å². The van der Waals surface area contributed by atoms with E-state index < -0.39 is 0 Å². The molecule has 0 aromatic heterocycles. The summed E-state index contributed by atoms with van der Waals surface area (Å²) in [6.07, 6.45) is 0. The lowest BCUT2D eigenvalue weighted by atomic mass is 10.1. The first-order valence-electron chi connectivity index (χ1n) is 7.86. The average Bonchev–Trinajstić information content (AvgIpc) is 2.58. The van der Waals surface area contributed by atoms with Crippen molar-refractivity contribution in [3.63, 3.8) is 0 Å². The van der Waals surface area contributed by atoms with E-state index in [0.717, 1.165) is 5.56 Å². The molecule has 0 saturated carbocycles. The Morgan fingerprint density at radius 2 is 1.58 bits per heavy atom. The molecule has 126 valence electrons. The summed E-state index contributed by atoms with van der Waals surface area (Å²) in [5, 5.41) is 0. The van der Waals surface area contributed by atoms with E-state index in [1.807, 2.05) is 13.0 Å². The molecule has 5 nitrogen and oxygen atoms in total. The van der Waals surface area contributed by atoms with Crippen molar-refractivity contribution in [1.29, 1.82) is 0 Å². The first-order valence-corrected chi connectivity index (χ1v) is 7.86. The van der Waals surface area contributed by atoms with Gasteiger partial charge in [0, 0.05) is 11.1 Å². The van der Waals surface area contributed by atoms with E-state index in [1.165, 1.54) is 0 Å². The summed E-state index contributed by atoms with van der Waals surface area (Å²) in [4.78, 5) is 24.0. The van der Waals surface area contributed by atoms with Crippen molar-refractivity contribution in [2.45, 2.75) is 20.8 Å². The highest BCUT2D eigenvalue weighted by Gasteiger charge is 2.09. The number of rotatable bonds is 5. The van der Waals surface area contributed by atoms with Crippen LogP contribution in [-0.2, 0) is 0 Å². The zero-order chi connectivity index (χ0) is 17.5. The third-order valence-corrected chi connectivity index (χ3v) is 3.27. The number of carbonyl (C=O) groups is 2. The summed E-state index contributed by atoms with van der Waals surface area (Å²) >= 11 is 0. The van der Waals surface area contributed by atoms with Gasteiger partial charge >= 0.3 is 0 Å². The van der Waals surface area contributed by atoms with Crippen molar-refractivity contribution in [1.82, 2.24) is 10.9 Å². The fraction of sp³-hybridized carbons (Fsp3) is 0.263. The van der Waals surface area contributed by atoms with E-state index in [-0.39, 0.29) is 11.8 Å². The van der Waals surface area contributed by atoms with Gasteiger partial charge in [-0.3, -0.25) is 20.4 Å². The lowest BCUT2D eigenvalue weighted by Gasteiger charge is -2.10. The summed E-state index contributed by atoms with van der Waals surface area (Å²) in [5.74, 6) is 0.407. The summed E-state index contributed by atoms with van der Waals surface area (Å²) in [7, 11) is 0. The van der Waals surface area contributed by atoms with Crippen LogP contribution in [0.25, 0.3) is 0 Å². The van der Waals surface area contributed by atoms with Gasteiger partial charge in [-0.05, 0) is 49.2 Å². The van der Waals surface area contributed by atoms with Gasteiger partial charge in [-0.2, -0.15) is 0 Å². The Hall–Kier alpha value is -2.82. The minimum atomic E-state index is -0.383. The minimum absolute atomic E-state index is 0.357. The molecule has 2 aromatic carbocycles.